The Kier molecular flexibility index (Phi) is 6.33. The maximum atomic E-state index is 11.8. The van der Waals surface area contributed by atoms with Gasteiger partial charge in [0.25, 0.3) is 0 Å². The smallest absolute Gasteiger partial charge is 0.329 e. The van der Waals surface area contributed by atoms with E-state index in [1.54, 1.807) is 48.5 Å². The second-order valence-corrected chi connectivity index (χ2v) is 5.10. The average Bonchev–Trinajstić information content (AvgIpc) is 2.58. The summed E-state index contributed by atoms with van der Waals surface area (Å²) in [6.45, 7) is 2.43. The van der Waals surface area contributed by atoms with Crippen LogP contribution >= 0.6 is 11.6 Å². The molecule has 0 saturated carbocycles. The lowest BCUT2D eigenvalue weighted by Gasteiger charge is -2.06. The first-order valence-corrected chi connectivity index (χ1v) is 7.59. The van der Waals surface area contributed by atoms with Crippen LogP contribution in [0, 0.1) is 0 Å². The summed E-state index contributed by atoms with van der Waals surface area (Å²) < 4.78 is 5.30. The molecule has 6 nitrogen and oxygen atoms in total. The van der Waals surface area contributed by atoms with Gasteiger partial charge < -0.3 is 10.1 Å². The van der Waals surface area contributed by atoms with Gasteiger partial charge in [0.15, 0.2) is 0 Å². The number of carbonyl (C=O) groups is 2. The predicted octanol–water partition coefficient (Wildman–Crippen LogP) is 2.83. The van der Waals surface area contributed by atoms with E-state index in [0.29, 0.717) is 23.1 Å². The van der Waals surface area contributed by atoms with Crippen LogP contribution in [-0.2, 0) is 9.59 Å². The first-order valence-electron chi connectivity index (χ1n) is 7.21. The minimum Gasteiger partial charge on any atom is -0.494 e. The van der Waals surface area contributed by atoms with Crippen molar-refractivity contribution < 1.29 is 14.3 Å². The molecule has 0 heterocycles. The van der Waals surface area contributed by atoms with Crippen LogP contribution in [0.3, 0.4) is 0 Å². The number of ether oxygens (including phenoxy) is 1. The lowest BCUT2D eigenvalue weighted by atomic mass is 10.2. The molecule has 7 heteroatoms. The number of hydrazone groups is 1. The third kappa shape index (κ3) is 5.40. The zero-order valence-corrected chi connectivity index (χ0v) is 13.7. The standard InChI is InChI=1S/C17H16ClN3O3/c1-2-24-15-9-7-14(8-10-15)20-16(22)17(23)21-19-11-12-3-5-13(18)6-4-12/h3-11H,2H2,1H3,(H,20,22)(H,21,23). The number of carbonyl (C=O) groups excluding carboxylic acids is 2. The number of hydrogen-bond donors (Lipinski definition) is 2. The predicted molar refractivity (Wildman–Crippen MR) is 93.4 cm³/mol. The zero-order chi connectivity index (χ0) is 17.4. The molecule has 0 spiro atoms. The van der Waals surface area contributed by atoms with Gasteiger partial charge >= 0.3 is 11.8 Å². The molecule has 0 bridgehead atoms. The third-order valence-corrected chi connectivity index (χ3v) is 3.13. The molecule has 24 heavy (non-hydrogen) atoms. The number of hydrogen-bond acceptors (Lipinski definition) is 4. The van der Waals surface area contributed by atoms with E-state index in [9.17, 15) is 9.59 Å². The summed E-state index contributed by atoms with van der Waals surface area (Å²) in [5.41, 5.74) is 3.39. The second kappa shape index (κ2) is 8.69. The lowest BCUT2D eigenvalue weighted by Crippen LogP contribution is -2.32. The highest BCUT2D eigenvalue weighted by atomic mass is 35.5. The molecule has 0 aliphatic heterocycles. The SMILES string of the molecule is CCOc1ccc(NC(=O)C(=O)NN=Cc2ccc(Cl)cc2)cc1. The van der Waals surface area contributed by atoms with Crippen LogP contribution in [-0.4, -0.2) is 24.6 Å². The van der Waals surface area contributed by atoms with Crippen molar-refractivity contribution in [1.82, 2.24) is 5.43 Å². The Bertz CT molecular complexity index is 728. The molecular formula is C17H16ClN3O3. The van der Waals surface area contributed by atoms with Gasteiger partial charge in [0, 0.05) is 10.7 Å². The first kappa shape index (κ1) is 17.5. The summed E-state index contributed by atoms with van der Waals surface area (Å²) in [6.07, 6.45) is 1.42. The van der Waals surface area contributed by atoms with Crippen LogP contribution < -0.4 is 15.5 Å². The summed E-state index contributed by atoms with van der Waals surface area (Å²) in [4.78, 5) is 23.4. The molecule has 2 rings (SSSR count). The quantitative estimate of drug-likeness (QED) is 0.497. The van der Waals surface area contributed by atoms with Crippen LogP contribution in [0.1, 0.15) is 12.5 Å². The van der Waals surface area contributed by atoms with Gasteiger partial charge in [-0.15, -0.1) is 0 Å². The van der Waals surface area contributed by atoms with E-state index in [-0.39, 0.29) is 0 Å². The summed E-state index contributed by atoms with van der Waals surface area (Å²) in [5.74, 6) is -0.992. The minimum absolute atomic E-state index is 0.486. The first-order chi connectivity index (χ1) is 11.6. The van der Waals surface area contributed by atoms with Gasteiger partial charge in [-0.1, -0.05) is 23.7 Å². The van der Waals surface area contributed by atoms with Crippen LogP contribution in [0.2, 0.25) is 5.02 Å². The highest BCUT2D eigenvalue weighted by molar-refractivity contribution is 6.39. The summed E-state index contributed by atoms with van der Waals surface area (Å²) in [6, 6.07) is 13.6. The van der Waals surface area contributed by atoms with Gasteiger partial charge in [-0.25, -0.2) is 5.43 Å². The van der Waals surface area contributed by atoms with Crippen molar-refractivity contribution in [2.45, 2.75) is 6.92 Å². The van der Waals surface area contributed by atoms with E-state index < -0.39 is 11.8 Å². The normalized spacial score (nSPS) is 10.4. The Hall–Kier alpha value is -2.86. The number of nitrogens with zero attached hydrogens (tertiary/aromatic N) is 1. The van der Waals surface area contributed by atoms with Crippen LogP contribution in [0.15, 0.2) is 53.6 Å². The molecule has 0 atom stereocenters. The van der Waals surface area contributed by atoms with E-state index >= 15 is 0 Å². The Balaban J connectivity index is 1.85. The van der Waals surface area contributed by atoms with Crippen LogP contribution in [0.4, 0.5) is 5.69 Å². The fourth-order valence-corrected chi connectivity index (χ4v) is 1.88. The Morgan fingerprint density at radius 1 is 1.08 bits per heavy atom. The van der Waals surface area contributed by atoms with Crippen molar-refractivity contribution in [3.8, 4) is 5.75 Å². The molecule has 0 unspecified atom stereocenters. The van der Waals surface area contributed by atoms with Gasteiger partial charge in [-0.3, -0.25) is 9.59 Å². The number of halogens is 1. The molecule has 2 N–H and O–H groups in total. The molecule has 0 aromatic heterocycles. The molecule has 0 aliphatic carbocycles. The third-order valence-electron chi connectivity index (χ3n) is 2.88. The average molecular weight is 346 g/mol. The lowest BCUT2D eigenvalue weighted by molar-refractivity contribution is -0.136. The molecule has 124 valence electrons. The molecule has 2 aromatic carbocycles. The van der Waals surface area contributed by atoms with Gasteiger partial charge in [0.2, 0.25) is 0 Å². The summed E-state index contributed by atoms with van der Waals surface area (Å²) in [7, 11) is 0. The molecule has 0 radical (unpaired) electrons. The topological polar surface area (TPSA) is 79.8 Å². The van der Waals surface area contributed by atoms with Crippen molar-refractivity contribution >= 4 is 35.3 Å². The van der Waals surface area contributed by atoms with Crippen molar-refractivity contribution in [2.24, 2.45) is 5.10 Å². The number of amides is 2. The minimum atomic E-state index is -0.867. The Morgan fingerprint density at radius 2 is 1.75 bits per heavy atom. The van der Waals surface area contributed by atoms with Gasteiger partial charge in [0.05, 0.1) is 12.8 Å². The van der Waals surface area contributed by atoms with E-state index in [2.05, 4.69) is 15.8 Å². The fourth-order valence-electron chi connectivity index (χ4n) is 1.75. The van der Waals surface area contributed by atoms with Gasteiger partial charge in [-0.05, 0) is 48.9 Å². The summed E-state index contributed by atoms with van der Waals surface area (Å²) in [5, 5.41) is 6.80. The maximum absolute atomic E-state index is 11.8. The van der Waals surface area contributed by atoms with Crippen molar-refractivity contribution in [3.63, 3.8) is 0 Å². The number of benzene rings is 2. The molecular weight excluding hydrogens is 330 g/mol. The highest BCUT2D eigenvalue weighted by Crippen LogP contribution is 2.15. The van der Waals surface area contributed by atoms with Crippen LogP contribution in [0.5, 0.6) is 5.75 Å². The largest absolute Gasteiger partial charge is 0.494 e. The van der Waals surface area contributed by atoms with E-state index in [0.717, 1.165) is 5.56 Å². The van der Waals surface area contributed by atoms with Crippen molar-refractivity contribution in [1.29, 1.82) is 0 Å². The number of nitrogens with one attached hydrogen (secondary N) is 2. The van der Waals surface area contributed by atoms with Crippen molar-refractivity contribution in [3.05, 3.63) is 59.1 Å². The van der Waals surface area contributed by atoms with Gasteiger partial charge in [0.1, 0.15) is 5.75 Å². The van der Waals surface area contributed by atoms with Crippen LogP contribution in [0.25, 0.3) is 0 Å². The van der Waals surface area contributed by atoms with E-state index in [1.165, 1.54) is 6.21 Å². The number of rotatable bonds is 5. The molecule has 2 aromatic rings. The van der Waals surface area contributed by atoms with E-state index in [1.807, 2.05) is 6.92 Å². The Morgan fingerprint density at radius 3 is 2.38 bits per heavy atom. The van der Waals surface area contributed by atoms with Crippen molar-refractivity contribution in [2.75, 3.05) is 11.9 Å². The molecule has 2 amide bonds. The highest BCUT2D eigenvalue weighted by Gasteiger charge is 2.12. The second-order valence-electron chi connectivity index (χ2n) is 4.66. The van der Waals surface area contributed by atoms with Gasteiger partial charge in [-0.2, -0.15) is 5.10 Å². The monoisotopic (exact) mass is 345 g/mol. The summed E-state index contributed by atoms with van der Waals surface area (Å²) >= 11 is 5.77. The Labute approximate surface area is 144 Å². The number of anilines is 1. The molecule has 0 saturated heterocycles. The molecule has 0 aliphatic rings. The maximum Gasteiger partial charge on any atom is 0.329 e. The zero-order valence-electron chi connectivity index (χ0n) is 13.0. The van der Waals surface area contributed by atoms with E-state index in [4.69, 9.17) is 16.3 Å². The molecule has 0 fully saturated rings. The fraction of sp³-hybridized carbons (Fsp3) is 0.118.